The van der Waals surface area contributed by atoms with Crippen LogP contribution in [0.5, 0.6) is 0 Å². The number of sulfonamides is 1. The Morgan fingerprint density at radius 2 is 1.67 bits per heavy atom. The number of amidine groups is 1. The van der Waals surface area contributed by atoms with Gasteiger partial charge in [-0.05, 0) is 43.2 Å². The van der Waals surface area contributed by atoms with Crippen LogP contribution in [0.25, 0.3) is 0 Å². The van der Waals surface area contributed by atoms with Gasteiger partial charge in [-0.1, -0.05) is 18.2 Å². The Balaban J connectivity index is 1.40. The van der Waals surface area contributed by atoms with Gasteiger partial charge in [-0.3, -0.25) is 9.59 Å². The fourth-order valence-corrected chi connectivity index (χ4v) is 5.02. The minimum absolute atomic E-state index is 0.0870. The zero-order valence-corrected chi connectivity index (χ0v) is 17.3. The van der Waals surface area contributed by atoms with Crippen molar-refractivity contribution in [1.29, 1.82) is 0 Å². The van der Waals surface area contributed by atoms with Crippen molar-refractivity contribution in [3.8, 4) is 0 Å². The Morgan fingerprint density at radius 3 is 2.37 bits per heavy atom. The Morgan fingerprint density at radius 1 is 1.00 bits per heavy atom. The van der Waals surface area contributed by atoms with E-state index in [-0.39, 0.29) is 22.6 Å². The molecule has 0 saturated carbocycles. The van der Waals surface area contributed by atoms with E-state index in [1.165, 1.54) is 6.92 Å². The van der Waals surface area contributed by atoms with E-state index in [0.29, 0.717) is 48.7 Å². The van der Waals surface area contributed by atoms with E-state index in [9.17, 15) is 18.0 Å². The van der Waals surface area contributed by atoms with Gasteiger partial charge in [0.2, 0.25) is 11.8 Å². The molecule has 2 aromatic carbocycles. The van der Waals surface area contributed by atoms with E-state index >= 15 is 0 Å². The number of likely N-dealkylation sites (tertiary alicyclic amines) is 1. The molecule has 2 aromatic rings. The van der Waals surface area contributed by atoms with Crippen LogP contribution in [0.1, 0.15) is 25.3 Å². The number of nitrogens with one attached hydrogen (secondary N) is 2. The van der Waals surface area contributed by atoms with Gasteiger partial charge < -0.3 is 15.5 Å². The molecule has 0 spiro atoms. The summed E-state index contributed by atoms with van der Waals surface area (Å²) < 4.78 is 28.5. The Bertz CT molecular complexity index is 1140. The van der Waals surface area contributed by atoms with Crippen LogP contribution in [-0.2, 0) is 19.6 Å². The molecule has 2 heterocycles. The maximum Gasteiger partial charge on any atom is 0.285 e. The fraction of sp³-hybridized carbons (Fsp3) is 0.286. The molecule has 2 aliphatic heterocycles. The zero-order chi connectivity index (χ0) is 21.3. The summed E-state index contributed by atoms with van der Waals surface area (Å²) in [6.07, 6.45) is 1.19. The van der Waals surface area contributed by atoms with Gasteiger partial charge >= 0.3 is 0 Å². The number of hydrogen-bond donors (Lipinski definition) is 2. The zero-order valence-electron chi connectivity index (χ0n) is 16.5. The van der Waals surface area contributed by atoms with Crippen LogP contribution < -0.4 is 10.6 Å². The number of carbonyl (C=O) groups excluding carboxylic acids is 2. The number of nitrogens with zero attached hydrogens (tertiary/aromatic N) is 2. The first-order valence-corrected chi connectivity index (χ1v) is 11.2. The molecule has 2 amide bonds. The molecule has 1 fully saturated rings. The largest absolute Gasteiger partial charge is 0.355 e. The molecule has 0 aliphatic carbocycles. The number of rotatable bonds is 3. The summed E-state index contributed by atoms with van der Waals surface area (Å²) in [4.78, 5) is 26.1. The van der Waals surface area contributed by atoms with Gasteiger partial charge in [-0.15, -0.1) is 4.40 Å². The van der Waals surface area contributed by atoms with Gasteiger partial charge in [0.15, 0.2) is 5.84 Å². The van der Waals surface area contributed by atoms with Crippen LogP contribution in [0.3, 0.4) is 0 Å². The van der Waals surface area contributed by atoms with Crippen LogP contribution >= 0.6 is 0 Å². The third-order valence-corrected chi connectivity index (χ3v) is 6.55. The van der Waals surface area contributed by atoms with Gasteiger partial charge in [0.25, 0.3) is 10.0 Å². The van der Waals surface area contributed by atoms with Crippen molar-refractivity contribution < 1.29 is 18.0 Å². The van der Waals surface area contributed by atoms with Gasteiger partial charge in [-0.2, -0.15) is 8.42 Å². The normalized spacial score (nSPS) is 17.8. The summed E-state index contributed by atoms with van der Waals surface area (Å²) in [6, 6.07) is 13.8. The predicted octanol–water partition coefficient (Wildman–Crippen LogP) is 2.44. The van der Waals surface area contributed by atoms with Crippen LogP contribution in [-0.4, -0.2) is 44.1 Å². The molecule has 9 heteroatoms. The van der Waals surface area contributed by atoms with Crippen molar-refractivity contribution in [3.05, 3.63) is 54.1 Å². The molecular formula is C21H22N4O4S. The number of piperidine rings is 1. The van der Waals surface area contributed by atoms with Crippen molar-refractivity contribution in [1.82, 2.24) is 4.90 Å². The predicted molar refractivity (Wildman–Crippen MR) is 114 cm³/mol. The van der Waals surface area contributed by atoms with E-state index < -0.39 is 10.0 Å². The van der Waals surface area contributed by atoms with Crippen molar-refractivity contribution in [2.75, 3.05) is 23.7 Å². The third-order valence-electron chi connectivity index (χ3n) is 5.23. The minimum atomic E-state index is -3.65. The highest BCUT2D eigenvalue weighted by atomic mass is 32.2. The summed E-state index contributed by atoms with van der Waals surface area (Å²) in [7, 11) is -3.65. The lowest BCUT2D eigenvalue weighted by molar-refractivity contribution is -0.121. The molecule has 0 bridgehead atoms. The molecule has 2 aliphatic rings. The van der Waals surface area contributed by atoms with E-state index in [4.69, 9.17) is 0 Å². The maximum absolute atomic E-state index is 12.7. The van der Waals surface area contributed by atoms with Crippen LogP contribution in [0.2, 0.25) is 0 Å². The van der Waals surface area contributed by atoms with E-state index in [2.05, 4.69) is 15.0 Å². The molecule has 8 nitrogen and oxygen atoms in total. The highest BCUT2D eigenvalue weighted by Gasteiger charge is 2.34. The first kappa shape index (κ1) is 20.1. The number of hydrogen-bond acceptors (Lipinski definition) is 5. The van der Waals surface area contributed by atoms with E-state index in [1.54, 1.807) is 48.5 Å². The fourth-order valence-electron chi connectivity index (χ4n) is 3.79. The quantitative estimate of drug-likeness (QED) is 0.784. The van der Waals surface area contributed by atoms with Crippen molar-refractivity contribution in [3.63, 3.8) is 0 Å². The molecule has 0 unspecified atom stereocenters. The summed E-state index contributed by atoms with van der Waals surface area (Å²) in [5.74, 6) is 0.0206. The molecule has 2 N–H and O–H groups in total. The van der Waals surface area contributed by atoms with Crippen molar-refractivity contribution in [2.24, 2.45) is 10.3 Å². The molecular weight excluding hydrogens is 404 g/mol. The number of amides is 2. The summed E-state index contributed by atoms with van der Waals surface area (Å²) >= 11 is 0. The molecule has 30 heavy (non-hydrogen) atoms. The first-order chi connectivity index (χ1) is 14.3. The van der Waals surface area contributed by atoms with Crippen LogP contribution in [0, 0.1) is 5.92 Å². The second-order valence-corrected chi connectivity index (χ2v) is 8.97. The van der Waals surface area contributed by atoms with Crippen molar-refractivity contribution >= 4 is 39.0 Å². The Labute approximate surface area is 175 Å². The number of benzene rings is 2. The Hall–Kier alpha value is -3.20. The summed E-state index contributed by atoms with van der Waals surface area (Å²) in [5, 5.41) is 5.59. The highest BCUT2D eigenvalue weighted by Crippen LogP contribution is 2.30. The topological polar surface area (TPSA) is 108 Å². The first-order valence-electron chi connectivity index (χ1n) is 9.71. The minimum Gasteiger partial charge on any atom is -0.355 e. The summed E-state index contributed by atoms with van der Waals surface area (Å²) in [6.45, 7) is 2.52. The molecule has 4 rings (SSSR count). The van der Waals surface area contributed by atoms with E-state index in [0.717, 1.165) is 0 Å². The lowest BCUT2D eigenvalue weighted by Crippen LogP contribution is -2.41. The van der Waals surface area contributed by atoms with Gasteiger partial charge in [0.05, 0.1) is 0 Å². The molecule has 0 atom stereocenters. The van der Waals surface area contributed by atoms with Gasteiger partial charge in [-0.25, -0.2) is 0 Å². The smallest absolute Gasteiger partial charge is 0.285 e. The standard InChI is InChI=1S/C21H22N4O4S/c1-14(26)22-16-5-4-6-17(13-16)23-21(27)15-9-11-25(12-10-15)20-18-7-2-3-8-19(18)30(28,29)24-20/h2-8,13,15H,9-12H2,1H3,(H,22,26)(H,23,27). The highest BCUT2D eigenvalue weighted by molar-refractivity contribution is 7.90. The van der Waals surface area contributed by atoms with Crippen LogP contribution in [0.15, 0.2) is 57.8 Å². The SMILES string of the molecule is CC(=O)Nc1cccc(NC(=O)C2CCN(C3=NS(=O)(=O)c4ccccc43)CC2)c1. The number of fused-ring (bicyclic) bond motifs is 1. The second kappa shape index (κ2) is 7.91. The van der Waals surface area contributed by atoms with E-state index in [1.807, 2.05) is 4.90 Å². The molecule has 1 saturated heterocycles. The number of carbonyl (C=O) groups is 2. The van der Waals surface area contributed by atoms with Gasteiger partial charge in [0, 0.05) is 42.9 Å². The van der Waals surface area contributed by atoms with Gasteiger partial charge in [0.1, 0.15) is 4.90 Å². The second-order valence-electron chi connectivity index (χ2n) is 7.40. The third kappa shape index (κ3) is 4.06. The van der Waals surface area contributed by atoms with Crippen molar-refractivity contribution in [2.45, 2.75) is 24.7 Å². The average molecular weight is 426 g/mol. The number of anilines is 2. The molecule has 0 aromatic heterocycles. The molecule has 156 valence electrons. The monoisotopic (exact) mass is 426 g/mol. The summed E-state index contributed by atoms with van der Waals surface area (Å²) in [5.41, 5.74) is 1.86. The Kier molecular flexibility index (Phi) is 5.29. The molecule has 0 radical (unpaired) electrons. The lowest BCUT2D eigenvalue weighted by atomic mass is 9.95. The average Bonchev–Trinajstić information content (AvgIpc) is 2.99. The lowest BCUT2D eigenvalue weighted by Gasteiger charge is -2.32. The maximum atomic E-state index is 12.7. The van der Waals surface area contributed by atoms with Crippen LogP contribution in [0.4, 0.5) is 11.4 Å².